The molecule has 7 rings (SSSR count). The average molecular weight is 1250 g/mol. The van der Waals surface area contributed by atoms with Gasteiger partial charge in [-0.25, -0.2) is 14.4 Å². The molecule has 5 aliphatic rings. The first kappa shape index (κ1) is 48.7. The predicted octanol–water partition coefficient (Wildman–Crippen LogP) is 3.22. The molecule has 1 saturated heterocycles. The third-order valence-corrected chi connectivity index (χ3v) is 13.7. The molecule has 2 radical (unpaired) electrons. The fourth-order valence-electron chi connectivity index (χ4n) is 10.2. The summed E-state index contributed by atoms with van der Waals surface area (Å²) in [7, 11) is 0. The molecule has 1 amide bonds. The van der Waals surface area contributed by atoms with Crippen molar-refractivity contribution in [2.45, 2.75) is 133 Å². The van der Waals surface area contributed by atoms with Gasteiger partial charge in [0, 0.05) is 112 Å². The number of hydrogen-bond donors (Lipinski definition) is 6. The number of aliphatic hydroxyl groups excluding tert-OH is 3. The zero-order chi connectivity index (χ0) is 41.1. The SMILES string of the molecule is CC1=C2[C@@H](O)C(=O)[C@@]3(C)[C@H]([C@H](OC(=O)c4ccccc4)[C@](O)(CC1OC(=O)[C@H](O)[C@@H](NC(=O)OC1CCCCC1)c1ccccc1)C2(C)C)[C@]1(O)CO[C@@H]1C[C@@H]3O.[Ac].[Ac]. The van der Waals surface area contributed by atoms with Crippen molar-refractivity contribution < 1.29 is 152 Å². The molecule has 4 fully saturated rings. The van der Waals surface area contributed by atoms with Gasteiger partial charge in [-0.3, -0.25) is 4.79 Å². The van der Waals surface area contributed by atoms with Crippen LogP contribution in [0.3, 0.4) is 0 Å². The Hall–Kier alpha value is -1.30. The minimum atomic E-state index is -2.30. The van der Waals surface area contributed by atoms with Crippen LogP contribution in [0.1, 0.15) is 94.6 Å². The van der Waals surface area contributed by atoms with Gasteiger partial charge >= 0.3 is 18.0 Å². The number of esters is 2. The Balaban J connectivity index is 0.00000331. The van der Waals surface area contributed by atoms with Gasteiger partial charge in [0.15, 0.2) is 11.9 Å². The number of aliphatic hydroxyl groups is 5. The summed E-state index contributed by atoms with van der Waals surface area (Å²) in [6, 6.07) is 14.9. The van der Waals surface area contributed by atoms with E-state index in [1.807, 2.05) is 0 Å². The zero-order valence-corrected chi connectivity index (χ0v) is 43.3. The molecule has 2 bridgehead atoms. The van der Waals surface area contributed by atoms with Crippen LogP contribution >= 0.6 is 0 Å². The van der Waals surface area contributed by atoms with Crippen molar-refractivity contribution in [3.8, 4) is 0 Å². The maximum Gasteiger partial charge on any atom is 0.407 e. The van der Waals surface area contributed by atoms with Gasteiger partial charge in [-0.2, -0.15) is 0 Å². The summed E-state index contributed by atoms with van der Waals surface area (Å²) in [6.07, 6.45) is -7.15. The third-order valence-electron chi connectivity index (χ3n) is 13.7. The second-order valence-corrected chi connectivity index (χ2v) is 17.2. The maximum absolute atomic E-state index is 14.7. The number of alkyl carbamates (subject to hydrolysis) is 1. The quantitative estimate of drug-likeness (QED) is 0.127. The van der Waals surface area contributed by atoms with E-state index < -0.39 is 101 Å². The summed E-state index contributed by atoms with van der Waals surface area (Å²) in [6.45, 7) is 5.73. The van der Waals surface area contributed by atoms with Crippen LogP contribution in [-0.4, -0.2) is 110 Å². The van der Waals surface area contributed by atoms with Crippen LogP contribution in [0.2, 0.25) is 0 Å². The zero-order valence-electron chi connectivity index (χ0n) is 33.8. The van der Waals surface area contributed by atoms with E-state index in [4.69, 9.17) is 18.9 Å². The van der Waals surface area contributed by atoms with Crippen LogP contribution in [0, 0.1) is 105 Å². The van der Waals surface area contributed by atoms with Gasteiger partial charge in [0.1, 0.15) is 35.6 Å². The minimum absolute atomic E-state index is 0. The van der Waals surface area contributed by atoms with E-state index in [9.17, 15) is 44.7 Å². The topological polar surface area (TPSA) is 218 Å². The van der Waals surface area contributed by atoms with E-state index in [0.717, 1.165) is 19.3 Å². The summed E-state index contributed by atoms with van der Waals surface area (Å²) in [5.74, 6) is -4.50. The van der Waals surface area contributed by atoms with Gasteiger partial charge < -0.3 is 49.8 Å². The van der Waals surface area contributed by atoms with Crippen molar-refractivity contribution in [3.63, 3.8) is 0 Å². The molecule has 1 heterocycles. The number of carbonyl (C=O) groups is 4. The molecule has 0 spiro atoms. The molecule has 4 aliphatic carbocycles. The van der Waals surface area contributed by atoms with E-state index in [1.165, 1.54) is 26.0 Å². The molecule has 0 aromatic heterocycles. The Kier molecular flexibility index (Phi) is 15.5. The monoisotopic (exact) mass is 1250 g/mol. The molecule has 14 nitrogen and oxygen atoms in total. The molecular formula is C43H53Ac2NO13. The molecule has 16 heteroatoms. The Bertz CT molecular complexity index is 1910. The van der Waals surface area contributed by atoms with Crippen LogP contribution < -0.4 is 5.32 Å². The van der Waals surface area contributed by atoms with Gasteiger partial charge in [-0.05, 0) is 68.4 Å². The van der Waals surface area contributed by atoms with Crippen molar-refractivity contribution in [2.24, 2.45) is 16.7 Å². The van der Waals surface area contributed by atoms with Crippen LogP contribution in [0.4, 0.5) is 4.79 Å². The second kappa shape index (κ2) is 18.8. The van der Waals surface area contributed by atoms with Crippen molar-refractivity contribution in [2.75, 3.05) is 6.61 Å². The molecule has 11 atom stereocenters. The Labute approximate surface area is 415 Å². The minimum Gasteiger partial charge on any atom is -0.456 e. The van der Waals surface area contributed by atoms with Crippen molar-refractivity contribution in [3.05, 3.63) is 82.9 Å². The van der Waals surface area contributed by atoms with E-state index in [0.29, 0.717) is 18.4 Å². The fraction of sp³-hybridized carbons (Fsp3) is 0.581. The van der Waals surface area contributed by atoms with Gasteiger partial charge in [0.05, 0.1) is 35.8 Å². The molecule has 1 aliphatic heterocycles. The van der Waals surface area contributed by atoms with Gasteiger partial charge in [-0.1, -0.05) is 68.8 Å². The number of Topliss-reactive ketones (excluding diaryl/α,β-unsaturated/α-hetero) is 1. The first-order valence-corrected chi connectivity index (χ1v) is 19.8. The molecule has 1 unspecified atom stereocenters. The van der Waals surface area contributed by atoms with Crippen molar-refractivity contribution >= 4 is 23.8 Å². The predicted molar refractivity (Wildman–Crippen MR) is 201 cm³/mol. The van der Waals surface area contributed by atoms with Crippen molar-refractivity contribution in [1.82, 2.24) is 5.32 Å². The standard InChI is InChI=1S/C43H53NO13.2Ac/c1-23-27(56-38(50)33(47)31(24-14-8-5-9-15-24)44-39(51)55-26-18-12-7-13-19-26)21-43(53)36(57-37(49)25-16-10-6-11-17-25)34-41(4,28(45)20-29-42(34,52)22-54-29)35(48)32(46)30(23)40(43,2)3;;/h5-6,8-11,14-17,26-29,31-34,36,45-47,52-53H,7,12-13,18-22H2,1-4H3,(H,44,51);;/t27?,28-,29+,31-,32+,33+,34-,36-,41+,42-,43+;;/m0../s1. The Morgan fingerprint density at radius 1 is 0.881 bits per heavy atom. The number of benzene rings is 2. The summed E-state index contributed by atoms with van der Waals surface area (Å²) < 4.78 is 23.5. The van der Waals surface area contributed by atoms with Crippen LogP contribution in [0.15, 0.2) is 71.8 Å². The molecular weight excluding hydrogens is 1190 g/mol. The molecule has 3 saturated carbocycles. The number of ether oxygens (including phenoxy) is 4. The molecule has 2 aromatic carbocycles. The average Bonchev–Trinajstić information content (AvgIpc) is 3.19. The number of fused-ring (bicyclic) bond motifs is 5. The van der Waals surface area contributed by atoms with Crippen molar-refractivity contribution in [1.29, 1.82) is 0 Å². The van der Waals surface area contributed by atoms with E-state index in [-0.39, 0.29) is 124 Å². The molecule has 59 heavy (non-hydrogen) atoms. The van der Waals surface area contributed by atoms with Gasteiger partial charge in [0.2, 0.25) is 0 Å². The number of hydrogen-bond acceptors (Lipinski definition) is 13. The summed E-state index contributed by atoms with van der Waals surface area (Å²) in [5, 5.41) is 63.5. The van der Waals surface area contributed by atoms with Crippen LogP contribution in [-0.2, 0) is 28.5 Å². The number of carbonyl (C=O) groups excluding carboxylic acids is 4. The summed E-state index contributed by atoms with van der Waals surface area (Å²) in [4.78, 5) is 55.9. The summed E-state index contributed by atoms with van der Waals surface area (Å²) >= 11 is 0. The normalized spacial score (nSPS) is 34.6. The Morgan fingerprint density at radius 2 is 1.49 bits per heavy atom. The molecule has 2 aromatic rings. The number of rotatable bonds is 8. The largest absolute Gasteiger partial charge is 0.456 e. The number of nitrogens with one attached hydrogen (secondary N) is 1. The first-order valence-electron chi connectivity index (χ1n) is 19.8. The third kappa shape index (κ3) is 8.57. The van der Waals surface area contributed by atoms with Gasteiger partial charge in [-0.15, -0.1) is 0 Å². The van der Waals surface area contributed by atoms with E-state index in [2.05, 4.69) is 5.32 Å². The first-order chi connectivity index (χ1) is 26.9. The van der Waals surface area contributed by atoms with E-state index >= 15 is 0 Å². The Morgan fingerprint density at radius 3 is 2.08 bits per heavy atom. The van der Waals surface area contributed by atoms with E-state index in [1.54, 1.807) is 62.4 Å². The molecule has 6 N–H and O–H groups in total. The second-order valence-electron chi connectivity index (χ2n) is 17.2. The van der Waals surface area contributed by atoms with Gasteiger partial charge in [0.25, 0.3) is 0 Å². The van der Waals surface area contributed by atoms with Crippen LogP contribution in [0.5, 0.6) is 0 Å². The van der Waals surface area contributed by atoms with Crippen LogP contribution in [0.25, 0.3) is 0 Å². The number of ketones is 1. The smallest absolute Gasteiger partial charge is 0.407 e. The number of amides is 1. The maximum atomic E-state index is 14.7. The molecule has 314 valence electrons. The fourth-order valence-corrected chi connectivity index (χ4v) is 10.2. The summed E-state index contributed by atoms with van der Waals surface area (Å²) in [5.41, 5.74) is -7.11.